The zero-order valence-corrected chi connectivity index (χ0v) is 17.8. The van der Waals surface area contributed by atoms with Gasteiger partial charge < -0.3 is 15.2 Å². The SMILES string of the molecule is CCOC(=O)c1ccc(NC(=O)CN2C(=O)S/C(=C\c3cc(Cl)ccc3O)C2=O)cc1. The molecule has 0 spiro atoms. The summed E-state index contributed by atoms with van der Waals surface area (Å²) in [6.07, 6.45) is 1.35. The van der Waals surface area contributed by atoms with E-state index in [0.29, 0.717) is 28.0 Å². The molecule has 3 amide bonds. The standard InChI is InChI=1S/C21H17ClN2O6S/c1-2-30-20(28)12-3-6-15(7-4-12)23-18(26)11-24-19(27)17(31-21(24)29)10-13-9-14(22)5-8-16(13)25/h3-10,25H,2,11H2,1H3,(H,23,26)/b17-10-. The van der Waals surface area contributed by atoms with Gasteiger partial charge in [0.25, 0.3) is 11.1 Å². The lowest BCUT2D eigenvalue weighted by atomic mass is 10.2. The highest BCUT2D eigenvalue weighted by Gasteiger charge is 2.36. The first-order valence-electron chi connectivity index (χ1n) is 9.09. The van der Waals surface area contributed by atoms with Crippen LogP contribution in [0.25, 0.3) is 6.08 Å². The summed E-state index contributed by atoms with van der Waals surface area (Å²) in [6, 6.07) is 10.3. The number of esters is 1. The molecular formula is C21H17ClN2O6S. The molecule has 160 valence electrons. The Bertz CT molecular complexity index is 1080. The minimum absolute atomic E-state index is 0.0640. The summed E-state index contributed by atoms with van der Waals surface area (Å²) in [5.41, 5.74) is 1.01. The van der Waals surface area contributed by atoms with Crippen molar-refractivity contribution in [3.05, 3.63) is 63.5 Å². The minimum Gasteiger partial charge on any atom is -0.507 e. The van der Waals surface area contributed by atoms with Gasteiger partial charge in [0.15, 0.2) is 0 Å². The van der Waals surface area contributed by atoms with Gasteiger partial charge in [-0.25, -0.2) is 4.79 Å². The number of aromatic hydroxyl groups is 1. The molecule has 0 unspecified atom stereocenters. The van der Waals surface area contributed by atoms with Crippen LogP contribution in [0.5, 0.6) is 5.75 Å². The van der Waals surface area contributed by atoms with E-state index in [1.807, 2.05) is 0 Å². The van der Waals surface area contributed by atoms with Gasteiger partial charge in [-0.1, -0.05) is 11.6 Å². The monoisotopic (exact) mass is 460 g/mol. The van der Waals surface area contributed by atoms with Crippen molar-refractivity contribution in [2.45, 2.75) is 6.92 Å². The van der Waals surface area contributed by atoms with E-state index in [1.165, 1.54) is 48.5 Å². The fourth-order valence-electron chi connectivity index (χ4n) is 2.67. The van der Waals surface area contributed by atoms with Crippen molar-refractivity contribution in [3.63, 3.8) is 0 Å². The zero-order chi connectivity index (χ0) is 22.5. The quantitative estimate of drug-likeness (QED) is 0.496. The lowest BCUT2D eigenvalue weighted by molar-refractivity contribution is -0.127. The van der Waals surface area contributed by atoms with Gasteiger partial charge in [0, 0.05) is 16.3 Å². The van der Waals surface area contributed by atoms with E-state index < -0.39 is 29.6 Å². The Labute approximate surface area is 186 Å². The lowest BCUT2D eigenvalue weighted by Crippen LogP contribution is -2.36. The maximum atomic E-state index is 12.6. The average Bonchev–Trinajstić information content (AvgIpc) is 2.99. The summed E-state index contributed by atoms with van der Waals surface area (Å²) in [6.45, 7) is 1.47. The van der Waals surface area contributed by atoms with Gasteiger partial charge >= 0.3 is 5.97 Å². The average molecular weight is 461 g/mol. The van der Waals surface area contributed by atoms with Crippen molar-refractivity contribution < 1.29 is 29.0 Å². The number of nitrogens with one attached hydrogen (secondary N) is 1. The molecule has 1 aliphatic heterocycles. The van der Waals surface area contributed by atoms with Crippen LogP contribution in [0.3, 0.4) is 0 Å². The van der Waals surface area contributed by atoms with Crippen LogP contribution in [0.1, 0.15) is 22.8 Å². The first-order valence-corrected chi connectivity index (χ1v) is 10.3. The lowest BCUT2D eigenvalue weighted by Gasteiger charge is -2.12. The Hall–Kier alpha value is -3.30. The number of thioether (sulfide) groups is 1. The number of benzene rings is 2. The van der Waals surface area contributed by atoms with Crippen molar-refractivity contribution in [3.8, 4) is 5.75 Å². The summed E-state index contributed by atoms with van der Waals surface area (Å²) >= 11 is 6.56. The summed E-state index contributed by atoms with van der Waals surface area (Å²) in [5.74, 6) is -1.81. The van der Waals surface area contributed by atoms with Crippen molar-refractivity contribution in [2.75, 3.05) is 18.5 Å². The second kappa shape index (κ2) is 9.67. The molecule has 0 bridgehead atoms. The largest absolute Gasteiger partial charge is 0.507 e. The molecule has 2 aromatic carbocycles. The van der Waals surface area contributed by atoms with Gasteiger partial charge in [-0.3, -0.25) is 19.3 Å². The second-order valence-corrected chi connectivity index (χ2v) is 7.75. The number of hydrogen-bond acceptors (Lipinski definition) is 7. The fraction of sp³-hybridized carbons (Fsp3) is 0.143. The maximum Gasteiger partial charge on any atom is 0.338 e. The van der Waals surface area contributed by atoms with Crippen molar-refractivity contribution in [1.82, 2.24) is 4.90 Å². The van der Waals surface area contributed by atoms with Gasteiger partial charge in [-0.05, 0) is 67.2 Å². The first-order chi connectivity index (χ1) is 14.8. The van der Waals surface area contributed by atoms with Crippen LogP contribution in [-0.4, -0.2) is 46.2 Å². The van der Waals surface area contributed by atoms with E-state index in [-0.39, 0.29) is 22.8 Å². The van der Waals surface area contributed by atoms with Gasteiger partial charge in [0.2, 0.25) is 5.91 Å². The third-order valence-corrected chi connectivity index (χ3v) is 5.27. The van der Waals surface area contributed by atoms with E-state index in [4.69, 9.17) is 16.3 Å². The molecule has 10 heteroatoms. The fourth-order valence-corrected chi connectivity index (χ4v) is 3.68. The number of phenols is 1. The van der Waals surface area contributed by atoms with Gasteiger partial charge in [-0.15, -0.1) is 0 Å². The van der Waals surface area contributed by atoms with E-state index >= 15 is 0 Å². The first kappa shape index (κ1) is 22.4. The topological polar surface area (TPSA) is 113 Å². The Morgan fingerprint density at radius 3 is 2.58 bits per heavy atom. The zero-order valence-electron chi connectivity index (χ0n) is 16.3. The Morgan fingerprint density at radius 1 is 1.19 bits per heavy atom. The molecule has 2 N–H and O–H groups in total. The van der Waals surface area contributed by atoms with Crippen molar-refractivity contribution in [1.29, 1.82) is 0 Å². The molecule has 1 saturated heterocycles. The van der Waals surface area contributed by atoms with Crippen LogP contribution < -0.4 is 5.32 Å². The van der Waals surface area contributed by atoms with Crippen LogP contribution in [0, 0.1) is 0 Å². The molecule has 8 nitrogen and oxygen atoms in total. The molecule has 3 rings (SSSR count). The number of rotatable bonds is 6. The molecule has 0 saturated carbocycles. The molecular weight excluding hydrogens is 444 g/mol. The van der Waals surface area contributed by atoms with Gasteiger partial charge in [0.05, 0.1) is 17.1 Å². The van der Waals surface area contributed by atoms with Crippen LogP contribution in [-0.2, 0) is 14.3 Å². The number of halogens is 1. The van der Waals surface area contributed by atoms with Crippen molar-refractivity contribution in [2.24, 2.45) is 0 Å². The maximum absolute atomic E-state index is 12.6. The number of hydrogen-bond donors (Lipinski definition) is 2. The summed E-state index contributed by atoms with van der Waals surface area (Å²) < 4.78 is 4.89. The predicted octanol–water partition coefficient (Wildman–Crippen LogP) is 3.90. The highest BCUT2D eigenvalue weighted by atomic mass is 35.5. The van der Waals surface area contributed by atoms with Gasteiger partial charge in [0.1, 0.15) is 12.3 Å². The number of ether oxygens (including phenoxy) is 1. The Morgan fingerprint density at radius 2 is 1.90 bits per heavy atom. The Kier molecular flexibility index (Phi) is 6.98. The number of carbonyl (C=O) groups is 4. The molecule has 0 atom stereocenters. The molecule has 0 aromatic heterocycles. The molecule has 31 heavy (non-hydrogen) atoms. The smallest absolute Gasteiger partial charge is 0.338 e. The minimum atomic E-state index is -0.651. The summed E-state index contributed by atoms with van der Waals surface area (Å²) in [7, 11) is 0. The molecule has 1 heterocycles. The summed E-state index contributed by atoms with van der Waals surface area (Å²) in [5, 5.41) is 12.2. The van der Waals surface area contributed by atoms with Crippen LogP contribution in [0.2, 0.25) is 5.02 Å². The Balaban J connectivity index is 1.66. The molecule has 2 aromatic rings. The summed E-state index contributed by atoms with van der Waals surface area (Å²) in [4.78, 5) is 49.6. The number of anilines is 1. The van der Waals surface area contributed by atoms with Gasteiger partial charge in [-0.2, -0.15) is 0 Å². The van der Waals surface area contributed by atoms with E-state index in [0.717, 1.165) is 4.90 Å². The number of carbonyl (C=O) groups excluding carboxylic acids is 4. The highest BCUT2D eigenvalue weighted by molar-refractivity contribution is 8.18. The number of imide groups is 1. The van der Waals surface area contributed by atoms with E-state index in [9.17, 15) is 24.3 Å². The second-order valence-electron chi connectivity index (χ2n) is 6.32. The van der Waals surface area contributed by atoms with Crippen LogP contribution in [0.15, 0.2) is 47.4 Å². The van der Waals surface area contributed by atoms with E-state index in [2.05, 4.69) is 5.32 Å². The third kappa shape index (κ3) is 5.44. The molecule has 0 radical (unpaired) electrons. The number of nitrogens with zero attached hydrogens (tertiary/aromatic N) is 1. The third-order valence-electron chi connectivity index (χ3n) is 4.13. The van der Waals surface area contributed by atoms with Crippen LogP contribution >= 0.6 is 23.4 Å². The molecule has 1 aliphatic rings. The predicted molar refractivity (Wildman–Crippen MR) is 117 cm³/mol. The molecule has 0 aliphatic carbocycles. The number of amides is 3. The normalized spacial score (nSPS) is 14.8. The van der Waals surface area contributed by atoms with Crippen LogP contribution in [0.4, 0.5) is 10.5 Å². The molecule has 1 fully saturated rings. The highest BCUT2D eigenvalue weighted by Crippen LogP contribution is 2.34. The van der Waals surface area contributed by atoms with E-state index in [1.54, 1.807) is 6.92 Å². The number of phenolic OH excluding ortho intramolecular Hbond substituents is 1. The van der Waals surface area contributed by atoms with Crippen molar-refractivity contribution >= 4 is 58.1 Å².